The van der Waals surface area contributed by atoms with Crippen LogP contribution in [0.1, 0.15) is 27.8 Å². The molecular formula is C70H54IrN5-5. The van der Waals surface area contributed by atoms with Gasteiger partial charge < -0.3 is 24.6 Å². The minimum Gasteiger partial charge on any atom is -0.500 e. The summed E-state index contributed by atoms with van der Waals surface area (Å²) in [5.74, 6) is 0. The number of rotatable bonds is 15. The molecule has 0 bridgehead atoms. The molecule has 3 heterocycles. The van der Waals surface area contributed by atoms with Crippen molar-refractivity contribution in [1.82, 2.24) is 4.98 Å². The van der Waals surface area contributed by atoms with E-state index in [-0.39, 0.29) is 20.1 Å². The summed E-state index contributed by atoms with van der Waals surface area (Å²) in [7, 11) is 0. The van der Waals surface area contributed by atoms with Crippen molar-refractivity contribution in [3.8, 4) is 55.8 Å². The smallest absolute Gasteiger partial charge is 0.0166 e. The Labute approximate surface area is 461 Å². The number of anilines is 4. The third-order valence-corrected chi connectivity index (χ3v) is 14.2. The number of nitrogens with zero attached hydrogens (tertiary/aromatic N) is 5. The summed E-state index contributed by atoms with van der Waals surface area (Å²) in [6.45, 7) is 6.38. The fourth-order valence-electron chi connectivity index (χ4n) is 10.1. The fourth-order valence-corrected chi connectivity index (χ4v) is 10.1. The van der Waals surface area contributed by atoms with Gasteiger partial charge in [-0.3, -0.25) is 0 Å². The predicted molar refractivity (Wildman–Crippen MR) is 310 cm³/mol. The molecule has 10 aromatic rings. The van der Waals surface area contributed by atoms with Crippen molar-refractivity contribution in [3.05, 3.63) is 309 Å². The molecule has 12 rings (SSSR count). The number of pyridine rings is 1. The molecule has 6 heteroatoms. The monoisotopic (exact) mass is 1160 g/mol. The molecule has 0 saturated carbocycles. The van der Waals surface area contributed by atoms with Crippen LogP contribution in [0.2, 0.25) is 0 Å². The predicted octanol–water partition coefficient (Wildman–Crippen LogP) is 16.5. The average Bonchev–Trinajstić information content (AvgIpc) is 4.21. The molecule has 0 spiro atoms. The number of aromatic nitrogens is 1. The van der Waals surface area contributed by atoms with E-state index in [1.165, 1.54) is 61.2 Å². The topological polar surface area (TPSA) is 25.9 Å². The van der Waals surface area contributed by atoms with Crippen molar-refractivity contribution in [3.63, 3.8) is 0 Å². The third kappa shape index (κ3) is 11.3. The second kappa shape index (κ2) is 22.9. The molecule has 0 aliphatic carbocycles. The molecule has 0 saturated heterocycles. The first-order valence-electron chi connectivity index (χ1n) is 25.7. The van der Waals surface area contributed by atoms with Gasteiger partial charge in [-0.1, -0.05) is 157 Å². The maximum absolute atomic E-state index is 4.82. The van der Waals surface area contributed by atoms with Crippen LogP contribution < -0.4 is 19.6 Å². The van der Waals surface area contributed by atoms with E-state index >= 15 is 0 Å². The molecule has 1 radical (unpaired) electrons. The van der Waals surface area contributed by atoms with Crippen LogP contribution in [-0.2, 0) is 45.8 Å². The Morgan fingerprint density at radius 1 is 0.382 bits per heavy atom. The van der Waals surface area contributed by atoms with Crippen LogP contribution in [0.4, 0.5) is 22.7 Å². The van der Waals surface area contributed by atoms with E-state index in [1.807, 2.05) is 18.3 Å². The molecule has 2 aliphatic rings. The molecule has 9 aromatic carbocycles. The number of benzene rings is 9. The maximum atomic E-state index is 4.82. The van der Waals surface area contributed by atoms with Crippen LogP contribution in [0.5, 0.6) is 0 Å². The normalized spacial score (nSPS) is 12.9. The van der Waals surface area contributed by atoms with Gasteiger partial charge in [0, 0.05) is 37.7 Å². The molecule has 5 nitrogen and oxygen atoms in total. The number of hydrogen-bond acceptors (Lipinski definition) is 5. The van der Waals surface area contributed by atoms with Crippen LogP contribution in [-0.4, -0.2) is 4.98 Å². The van der Waals surface area contributed by atoms with Gasteiger partial charge in [-0.15, -0.1) is 66.7 Å². The number of aryl methyl sites for hydroxylation is 5. The minimum atomic E-state index is 0. The Balaban J connectivity index is 0.00000616. The Kier molecular flexibility index (Phi) is 15.0. The summed E-state index contributed by atoms with van der Waals surface area (Å²) >= 11 is 0. The van der Waals surface area contributed by atoms with Crippen LogP contribution in [0.3, 0.4) is 0 Å². The summed E-state index contributed by atoms with van der Waals surface area (Å²) in [5, 5.41) is 0. The van der Waals surface area contributed by atoms with Gasteiger partial charge in [0.1, 0.15) is 0 Å². The number of hydrogen-bond donors (Lipinski definition) is 0. The first kappa shape index (κ1) is 49.7. The molecule has 1 aromatic heterocycles. The van der Waals surface area contributed by atoms with E-state index < -0.39 is 0 Å². The zero-order chi connectivity index (χ0) is 50.3. The quantitative estimate of drug-likeness (QED) is 0.0953. The standard InChI is InChI=1S/C70H54N5.Ir/c1-52-45-60(57-13-5-2-6-14-57)33-38-67(52)61-39-40-71-70(49-61)59-31-29-58(30-32-59)68-19-11-12-20-69(68)62-47-55(23-21-53-25-34-65(35-26-53)74-43-41-72(50-74)63-15-7-3-8-16-63)46-56(48-62)24-22-54-27-36-66(37-28-54)75-44-42-73(51-75)64-17-9-4-10-18-64;/h2-20,25-31,33-34,36,38-51H,21-24H2,1H3;/q-5;. The Morgan fingerprint density at radius 3 is 1.45 bits per heavy atom. The van der Waals surface area contributed by atoms with Gasteiger partial charge in [0.05, 0.1) is 0 Å². The molecule has 0 amide bonds. The second-order valence-electron chi connectivity index (χ2n) is 19.2. The molecule has 373 valence electrons. The van der Waals surface area contributed by atoms with E-state index in [9.17, 15) is 0 Å². The van der Waals surface area contributed by atoms with Gasteiger partial charge in [-0.05, 0) is 131 Å². The molecule has 0 fully saturated rings. The molecule has 2 aliphatic heterocycles. The summed E-state index contributed by atoms with van der Waals surface area (Å²) in [6, 6.07) is 88.7. The van der Waals surface area contributed by atoms with Crippen molar-refractivity contribution in [2.75, 3.05) is 19.6 Å². The summed E-state index contributed by atoms with van der Waals surface area (Å²) in [5.41, 5.74) is 22.0. The minimum absolute atomic E-state index is 0. The molecule has 76 heavy (non-hydrogen) atoms. The summed E-state index contributed by atoms with van der Waals surface area (Å²) in [4.78, 5) is 13.3. The molecule has 0 N–H and O–H groups in total. The van der Waals surface area contributed by atoms with Crippen molar-refractivity contribution < 1.29 is 20.1 Å². The van der Waals surface area contributed by atoms with Crippen LogP contribution >= 0.6 is 0 Å². The van der Waals surface area contributed by atoms with Gasteiger partial charge in [0.25, 0.3) is 0 Å². The van der Waals surface area contributed by atoms with Crippen molar-refractivity contribution in [1.29, 1.82) is 0 Å². The average molecular weight is 1160 g/mol. The van der Waals surface area contributed by atoms with Gasteiger partial charge >= 0.3 is 0 Å². The first-order valence-corrected chi connectivity index (χ1v) is 25.7. The van der Waals surface area contributed by atoms with Crippen molar-refractivity contribution in [2.45, 2.75) is 32.6 Å². The SMILES string of the molecule is Cc1cc(-c2ccccc2)ccc1-c1ccnc(-c2[c-]cc(-c3ccccc3-c3cc(CCc4c[c-]c(N5C=CN(c6ccccc6)[CH-]5)cc4)cc(CCc4c[c-]c(N5C=CN(c6ccccc6)[CH-]5)cc4)c3)cc2)c1.[Ir]. The van der Waals surface area contributed by atoms with E-state index in [1.54, 1.807) is 0 Å². The van der Waals surface area contributed by atoms with Crippen LogP contribution in [0, 0.1) is 38.5 Å². The number of para-hydroxylation sites is 2. The van der Waals surface area contributed by atoms with E-state index in [0.717, 1.165) is 70.8 Å². The van der Waals surface area contributed by atoms with Crippen LogP contribution in [0.25, 0.3) is 55.8 Å². The van der Waals surface area contributed by atoms with Gasteiger partial charge in [-0.2, -0.15) is 47.5 Å². The zero-order valence-electron chi connectivity index (χ0n) is 42.2. The van der Waals surface area contributed by atoms with Crippen LogP contribution in [0.15, 0.2) is 249 Å². The van der Waals surface area contributed by atoms with E-state index in [0.29, 0.717) is 0 Å². The first-order chi connectivity index (χ1) is 37.0. The fraction of sp³-hybridized carbons (Fsp3) is 0.0714. The molecule has 0 atom stereocenters. The zero-order valence-corrected chi connectivity index (χ0v) is 44.6. The van der Waals surface area contributed by atoms with Gasteiger partial charge in [-0.25, -0.2) is 0 Å². The van der Waals surface area contributed by atoms with Gasteiger partial charge in [0.2, 0.25) is 0 Å². The van der Waals surface area contributed by atoms with E-state index in [2.05, 4.69) is 289 Å². The van der Waals surface area contributed by atoms with E-state index in [4.69, 9.17) is 4.98 Å². The molecular weight excluding hydrogens is 1100 g/mol. The third-order valence-electron chi connectivity index (χ3n) is 14.2. The summed E-state index contributed by atoms with van der Waals surface area (Å²) in [6.07, 6.45) is 13.8. The van der Waals surface area contributed by atoms with Crippen molar-refractivity contribution in [2.24, 2.45) is 0 Å². The van der Waals surface area contributed by atoms with Crippen molar-refractivity contribution >= 4 is 22.7 Å². The molecule has 0 unspecified atom stereocenters. The Hall–Kier alpha value is -8.54. The second-order valence-corrected chi connectivity index (χ2v) is 19.2. The Morgan fingerprint density at radius 2 is 0.908 bits per heavy atom. The maximum Gasteiger partial charge on any atom is 0.0166 e. The summed E-state index contributed by atoms with van der Waals surface area (Å²) < 4.78 is 0. The Bertz CT molecular complexity index is 3490. The largest absolute Gasteiger partial charge is 0.500 e. The van der Waals surface area contributed by atoms with Gasteiger partial charge in [0.15, 0.2) is 0 Å².